The van der Waals surface area contributed by atoms with Crippen LogP contribution in [0.2, 0.25) is 0 Å². The Balaban J connectivity index is 1.89. The van der Waals surface area contributed by atoms with Crippen molar-refractivity contribution < 1.29 is 38.9 Å². The number of hydrogen-bond donors (Lipinski definition) is 3. The second-order valence-corrected chi connectivity index (χ2v) is 10.8. The van der Waals surface area contributed by atoms with E-state index in [-0.39, 0.29) is 30.2 Å². The zero-order valence-electron chi connectivity index (χ0n) is 21.8. The number of primary amides is 1. The van der Waals surface area contributed by atoms with Crippen LogP contribution in [0.1, 0.15) is 40.9 Å². The van der Waals surface area contributed by atoms with E-state index in [1.165, 1.54) is 18.1 Å². The molecular weight excluding hydrogens is 482 g/mol. The molecule has 4 rings (SSSR count). The molecule has 3 aliphatic rings. The Bertz CT molecular complexity index is 1220. The number of phenolic OH excluding ortho intramolecular Hbond substituents is 1. The largest absolute Gasteiger partial charge is 0.507 e. The summed E-state index contributed by atoms with van der Waals surface area (Å²) in [4.78, 5) is 69.4. The van der Waals surface area contributed by atoms with E-state index in [2.05, 4.69) is 0 Å². The zero-order chi connectivity index (χ0) is 27.7. The number of carbonyl (C=O) groups excluding carboxylic acids is 5. The zero-order valence-corrected chi connectivity index (χ0v) is 21.8. The Morgan fingerprint density at radius 3 is 2.30 bits per heavy atom. The van der Waals surface area contributed by atoms with Crippen LogP contribution in [0.4, 0.5) is 0 Å². The second kappa shape index (κ2) is 9.00. The van der Waals surface area contributed by atoms with E-state index >= 15 is 0 Å². The van der Waals surface area contributed by atoms with Gasteiger partial charge in [0.1, 0.15) is 11.5 Å². The van der Waals surface area contributed by atoms with Crippen LogP contribution in [0.25, 0.3) is 0 Å². The van der Waals surface area contributed by atoms with Crippen LogP contribution in [-0.2, 0) is 25.6 Å². The first-order chi connectivity index (χ1) is 17.2. The van der Waals surface area contributed by atoms with Gasteiger partial charge in [0.15, 0.2) is 34.7 Å². The predicted octanol–water partition coefficient (Wildman–Crippen LogP) is -0.502. The molecule has 7 atom stereocenters. The van der Waals surface area contributed by atoms with Crippen molar-refractivity contribution in [2.24, 2.45) is 29.4 Å². The summed E-state index contributed by atoms with van der Waals surface area (Å²) < 4.78 is 5.69. The van der Waals surface area contributed by atoms with Crippen molar-refractivity contribution in [1.29, 1.82) is 0 Å². The molecule has 0 aliphatic heterocycles. The molecule has 1 aromatic carbocycles. The number of phenols is 1. The number of nitrogens with two attached hydrogens (primary N) is 1. The fraction of sp³-hybridized carbons (Fsp3) is 0.577. The minimum absolute atomic E-state index is 0.0126. The third kappa shape index (κ3) is 3.63. The maximum atomic E-state index is 13.8. The van der Waals surface area contributed by atoms with E-state index in [9.17, 15) is 34.2 Å². The number of rotatable bonds is 5. The highest BCUT2D eigenvalue weighted by molar-refractivity contribution is 6.32. The van der Waals surface area contributed by atoms with Crippen molar-refractivity contribution in [3.8, 4) is 11.5 Å². The normalized spacial score (nSPS) is 32.2. The minimum atomic E-state index is -2.74. The summed E-state index contributed by atoms with van der Waals surface area (Å²) >= 11 is 0. The number of Topliss-reactive ketones (excluding diaryl/α,β-unsaturated/α-hetero) is 4. The minimum Gasteiger partial charge on any atom is -0.507 e. The standard InChI is InChI=1S/C26H33N3O8/c1-10(28(2)3)12-9-15(30)17-13(22(12)37-6)7-11-8-14-19(29(4)5)21(32)18(25(27)35)24(34)26(14,36)23(33)16(11)20(17)31/h9-11,14,16,18-19,30,36H,7-8H2,1-6H3,(H2,27,35)/t10-,11-,14-,16?,18?,19-,26-/m0/s1. The molecular formula is C26H33N3O8. The number of ether oxygens (including phenoxy) is 1. The number of benzene rings is 1. The Morgan fingerprint density at radius 1 is 1.16 bits per heavy atom. The van der Waals surface area contributed by atoms with E-state index in [1.807, 2.05) is 25.9 Å². The lowest BCUT2D eigenvalue weighted by Gasteiger charge is -2.52. The summed E-state index contributed by atoms with van der Waals surface area (Å²) in [6.45, 7) is 1.91. The van der Waals surface area contributed by atoms with Gasteiger partial charge in [-0.3, -0.25) is 28.9 Å². The number of methoxy groups -OCH3 is 1. The predicted molar refractivity (Wildman–Crippen MR) is 130 cm³/mol. The van der Waals surface area contributed by atoms with Crippen LogP contribution in [0.15, 0.2) is 6.07 Å². The first kappa shape index (κ1) is 26.9. The van der Waals surface area contributed by atoms with Crippen LogP contribution in [0.5, 0.6) is 11.5 Å². The molecule has 37 heavy (non-hydrogen) atoms. The van der Waals surface area contributed by atoms with Crippen molar-refractivity contribution in [1.82, 2.24) is 9.80 Å². The number of carbonyl (C=O) groups is 5. The smallest absolute Gasteiger partial charge is 0.235 e. The second-order valence-electron chi connectivity index (χ2n) is 10.8. The molecule has 2 fully saturated rings. The first-order valence-corrected chi connectivity index (χ1v) is 12.1. The summed E-state index contributed by atoms with van der Waals surface area (Å²) in [6, 6.07) is 0.118. The van der Waals surface area contributed by atoms with Crippen molar-refractivity contribution in [2.45, 2.75) is 37.5 Å². The number of aliphatic hydroxyl groups is 1. The number of hydrogen-bond acceptors (Lipinski definition) is 10. The fourth-order valence-electron chi connectivity index (χ4n) is 6.51. The summed E-state index contributed by atoms with van der Waals surface area (Å²) in [7, 11) is 8.28. The van der Waals surface area contributed by atoms with Gasteiger partial charge in [-0.1, -0.05) is 0 Å². The van der Waals surface area contributed by atoms with Gasteiger partial charge < -0.3 is 25.6 Å². The maximum absolute atomic E-state index is 13.8. The average Bonchev–Trinajstić information content (AvgIpc) is 2.80. The summed E-state index contributed by atoms with van der Waals surface area (Å²) in [5, 5.41) is 22.5. The first-order valence-electron chi connectivity index (χ1n) is 12.1. The maximum Gasteiger partial charge on any atom is 0.235 e. The van der Waals surface area contributed by atoms with Gasteiger partial charge in [0, 0.05) is 23.1 Å². The number of nitrogens with zero attached hydrogens (tertiary/aromatic N) is 2. The van der Waals surface area contributed by atoms with Gasteiger partial charge in [-0.15, -0.1) is 0 Å². The van der Waals surface area contributed by atoms with Crippen molar-refractivity contribution in [3.63, 3.8) is 0 Å². The molecule has 0 saturated heterocycles. The van der Waals surface area contributed by atoms with Gasteiger partial charge >= 0.3 is 0 Å². The topological polar surface area (TPSA) is 168 Å². The molecule has 1 amide bonds. The lowest BCUT2D eigenvalue weighted by molar-refractivity contribution is -0.181. The molecule has 0 radical (unpaired) electrons. The molecule has 2 unspecified atom stereocenters. The SMILES string of the molecule is COc1c([C@H](C)N(C)C)cc(O)c2c1C[C@H]1C[C@H]3[C@H](N(C)C)C(=O)C(C(N)=O)C(=O)[C@@]3(O)C(=O)C1C2=O. The van der Waals surface area contributed by atoms with E-state index in [1.54, 1.807) is 14.1 Å². The van der Waals surface area contributed by atoms with Gasteiger partial charge in [0.05, 0.1) is 24.6 Å². The van der Waals surface area contributed by atoms with Crippen LogP contribution in [-0.4, -0.2) is 96.0 Å². The van der Waals surface area contributed by atoms with E-state index in [4.69, 9.17) is 10.5 Å². The average molecular weight is 516 g/mol. The molecule has 0 aromatic heterocycles. The molecule has 0 spiro atoms. The van der Waals surface area contributed by atoms with Gasteiger partial charge in [-0.2, -0.15) is 0 Å². The molecule has 3 aliphatic carbocycles. The van der Waals surface area contributed by atoms with Crippen LogP contribution in [0, 0.1) is 23.7 Å². The number of likely N-dealkylation sites (N-methyl/N-ethyl adjacent to an activating group) is 1. The Morgan fingerprint density at radius 2 is 1.78 bits per heavy atom. The number of ketones is 4. The monoisotopic (exact) mass is 515 g/mol. The van der Waals surface area contributed by atoms with Crippen molar-refractivity contribution in [2.75, 3.05) is 35.3 Å². The van der Waals surface area contributed by atoms with Crippen LogP contribution < -0.4 is 10.5 Å². The Labute approximate surface area is 214 Å². The molecule has 0 bridgehead atoms. The van der Waals surface area contributed by atoms with Gasteiger partial charge in [0.25, 0.3) is 0 Å². The number of amides is 1. The van der Waals surface area contributed by atoms with Crippen molar-refractivity contribution in [3.05, 3.63) is 22.8 Å². The van der Waals surface area contributed by atoms with Gasteiger partial charge in [-0.05, 0) is 59.9 Å². The molecule has 2 saturated carbocycles. The quantitative estimate of drug-likeness (QED) is 0.435. The van der Waals surface area contributed by atoms with Gasteiger partial charge in [0.2, 0.25) is 5.91 Å². The number of fused-ring (bicyclic) bond motifs is 3. The third-order valence-corrected chi connectivity index (χ3v) is 8.47. The third-order valence-electron chi connectivity index (χ3n) is 8.47. The van der Waals surface area contributed by atoms with Crippen LogP contribution >= 0.6 is 0 Å². The highest BCUT2D eigenvalue weighted by Gasteiger charge is 2.69. The molecule has 11 heteroatoms. The lowest BCUT2D eigenvalue weighted by Crippen LogP contribution is -2.74. The van der Waals surface area contributed by atoms with Crippen molar-refractivity contribution >= 4 is 29.0 Å². The number of aromatic hydroxyl groups is 1. The van der Waals surface area contributed by atoms with E-state index in [0.29, 0.717) is 16.9 Å². The highest BCUT2D eigenvalue weighted by atomic mass is 16.5. The lowest BCUT2D eigenvalue weighted by atomic mass is 9.52. The summed E-state index contributed by atoms with van der Waals surface area (Å²) in [6.07, 6.45) is 0.137. The highest BCUT2D eigenvalue weighted by Crippen LogP contribution is 2.52. The summed E-state index contributed by atoms with van der Waals surface area (Å²) in [5.74, 6) is -10.3. The molecule has 1 aromatic rings. The Kier molecular flexibility index (Phi) is 6.54. The molecule has 11 nitrogen and oxygen atoms in total. The van der Waals surface area contributed by atoms with Gasteiger partial charge in [-0.25, -0.2) is 0 Å². The molecule has 4 N–H and O–H groups in total. The molecule has 200 valence electrons. The summed E-state index contributed by atoms with van der Waals surface area (Å²) in [5.41, 5.74) is 3.61. The van der Waals surface area contributed by atoms with E-state index in [0.717, 1.165) is 0 Å². The fourth-order valence-corrected chi connectivity index (χ4v) is 6.51. The molecule has 0 heterocycles. The van der Waals surface area contributed by atoms with E-state index < -0.39 is 64.4 Å². The van der Waals surface area contributed by atoms with Crippen LogP contribution in [0.3, 0.4) is 0 Å². The Hall–Kier alpha value is -3.15.